The molecular formula is C19H23N3O4S. The Kier molecular flexibility index (Phi) is 6.22. The largest absolute Gasteiger partial charge is 0.326 e. The fraction of sp³-hybridized carbons (Fsp3) is 0.263. The first kappa shape index (κ1) is 20.4. The molecule has 8 heteroatoms. The molecule has 0 atom stereocenters. The van der Waals surface area contributed by atoms with E-state index in [1.54, 1.807) is 43.3 Å². The lowest BCUT2D eigenvalue weighted by atomic mass is 10.1. The van der Waals surface area contributed by atoms with E-state index in [-0.39, 0.29) is 12.5 Å². The minimum absolute atomic E-state index is 0.225. The molecule has 0 aliphatic rings. The van der Waals surface area contributed by atoms with Gasteiger partial charge in [-0.2, -0.15) is 0 Å². The van der Waals surface area contributed by atoms with E-state index in [1.807, 2.05) is 13.0 Å². The van der Waals surface area contributed by atoms with Crippen LogP contribution in [0.15, 0.2) is 42.5 Å². The van der Waals surface area contributed by atoms with Gasteiger partial charge in [-0.1, -0.05) is 23.8 Å². The van der Waals surface area contributed by atoms with Crippen LogP contribution >= 0.6 is 0 Å². The summed E-state index contributed by atoms with van der Waals surface area (Å²) in [7, 11) is -3.65. The van der Waals surface area contributed by atoms with Gasteiger partial charge in [-0.05, 0) is 43.7 Å². The van der Waals surface area contributed by atoms with Crippen LogP contribution < -0.4 is 14.9 Å². The zero-order chi connectivity index (χ0) is 20.2. The van der Waals surface area contributed by atoms with E-state index in [0.29, 0.717) is 17.1 Å². The third-order valence-electron chi connectivity index (χ3n) is 3.78. The fourth-order valence-corrected chi connectivity index (χ4v) is 3.59. The van der Waals surface area contributed by atoms with Gasteiger partial charge in [-0.25, -0.2) is 8.42 Å². The normalized spacial score (nSPS) is 11.0. The average Bonchev–Trinajstić information content (AvgIpc) is 2.52. The molecule has 0 radical (unpaired) electrons. The third kappa shape index (κ3) is 5.82. The summed E-state index contributed by atoms with van der Waals surface area (Å²) in [5.41, 5.74) is 3.23. The Morgan fingerprint density at radius 2 is 1.63 bits per heavy atom. The summed E-state index contributed by atoms with van der Waals surface area (Å²) in [5, 5.41) is 5.29. The number of hydrogen-bond donors (Lipinski definition) is 2. The topological polar surface area (TPSA) is 95.6 Å². The van der Waals surface area contributed by atoms with Crippen LogP contribution in [0.4, 0.5) is 17.1 Å². The summed E-state index contributed by atoms with van der Waals surface area (Å²) in [6, 6.07) is 12.0. The Morgan fingerprint density at radius 3 is 2.19 bits per heavy atom. The van der Waals surface area contributed by atoms with Crippen molar-refractivity contribution in [2.75, 3.05) is 27.7 Å². The second-order valence-electron chi connectivity index (χ2n) is 6.37. The molecule has 0 aromatic heterocycles. The number of nitrogens with one attached hydrogen (secondary N) is 2. The molecule has 144 valence electrons. The molecule has 2 rings (SSSR count). The zero-order valence-electron chi connectivity index (χ0n) is 15.7. The summed E-state index contributed by atoms with van der Waals surface area (Å²) in [6.45, 7) is 4.75. The van der Waals surface area contributed by atoms with Gasteiger partial charge < -0.3 is 10.6 Å². The fourth-order valence-electron chi connectivity index (χ4n) is 2.68. The molecule has 2 amide bonds. The number of nitrogens with zero attached hydrogens (tertiary/aromatic N) is 1. The second kappa shape index (κ2) is 8.22. The van der Waals surface area contributed by atoms with Crippen LogP contribution in [0.5, 0.6) is 0 Å². The van der Waals surface area contributed by atoms with E-state index in [9.17, 15) is 18.0 Å². The highest BCUT2D eigenvalue weighted by molar-refractivity contribution is 7.92. The molecule has 0 saturated heterocycles. The number of carbonyl (C=O) groups is 2. The van der Waals surface area contributed by atoms with Crippen molar-refractivity contribution in [3.8, 4) is 0 Å². The summed E-state index contributed by atoms with van der Waals surface area (Å²) < 4.78 is 25.5. The minimum atomic E-state index is -3.65. The number of sulfonamides is 1. The van der Waals surface area contributed by atoms with Crippen molar-refractivity contribution >= 4 is 38.9 Å². The first-order chi connectivity index (χ1) is 12.6. The Bertz CT molecular complexity index is 971. The van der Waals surface area contributed by atoms with E-state index < -0.39 is 15.9 Å². The molecule has 7 nitrogen and oxygen atoms in total. The van der Waals surface area contributed by atoms with Crippen molar-refractivity contribution in [3.05, 3.63) is 53.6 Å². The standard InChI is InChI=1S/C19H23N3O4S/c1-13-8-9-18(14(2)10-13)22(27(4,25)26)12-19(24)21-17-7-5-6-16(11-17)20-15(3)23/h5-11H,12H2,1-4H3,(H,20,23)(H,21,24). The molecule has 27 heavy (non-hydrogen) atoms. The Labute approximate surface area is 159 Å². The number of carbonyl (C=O) groups excluding carboxylic acids is 2. The van der Waals surface area contributed by atoms with Crippen LogP contribution in [-0.2, 0) is 19.6 Å². The second-order valence-corrected chi connectivity index (χ2v) is 8.28. The zero-order valence-corrected chi connectivity index (χ0v) is 16.6. The van der Waals surface area contributed by atoms with Crippen molar-refractivity contribution in [1.82, 2.24) is 0 Å². The lowest BCUT2D eigenvalue weighted by molar-refractivity contribution is -0.115. The van der Waals surface area contributed by atoms with Crippen molar-refractivity contribution in [1.29, 1.82) is 0 Å². The number of amides is 2. The molecule has 0 bridgehead atoms. The smallest absolute Gasteiger partial charge is 0.245 e. The van der Waals surface area contributed by atoms with E-state index >= 15 is 0 Å². The highest BCUT2D eigenvalue weighted by atomic mass is 32.2. The van der Waals surface area contributed by atoms with Crippen LogP contribution in [0.3, 0.4) is 0 Å². The van der Waals surface area contributed by atoms with Crippen molar-refractivity contribution < 1.29 is 18.0 Å². The van der Waals surface area contributed by atoms with Crippen LogP contribution in [0.1, 0.15) is 18.1 Å². The van der Waals surface area contributed by atoms with Crippen LogP contribution in [0.2, 0.25) is 0 Å². The molecular weight excluding hydrogens is 366 g/mol. The first-order valence-corrected chi connectivity index (χ1v) is 10.1. The van der Waals surface area contributed by atoms with Crippen LogP contribution in [0, 0.1) is 13.8 Å². The molecule has 0 aliphatic carbocycles. The predicted octanol–water partition coefficient (Wildman–Crippen LogP) is 2.67. The van der Waals surface area contributed by atoms with Crippen LogP contribution in [-0.4, -0.2) is 33.0 Å². The quantitative estimate of drug-likeness (QED) is 0.794. The molecule has 0 unspecified atom stereocenters. The van der Waals surface area contributed by atoms with Gasteiger partial charge in [-0.3, -0.25) is 13.9 Å². The maximum Gasteiger partial charge on any atom is 0.245 e. The van der Waals surface area contributed by atoms with E-state index in [1.165, 1.54) is 6.92 Å². The number of anilines is 3. The summed E-state index contributed by atoms with van der Waals surface area (Å²) in [6.07, 6.45) is 1.07. The third-order valence-corrected chi connectivity index (χ3v) is 4.90. The van der Waals surface area contributed by atoms with Gasteiger partial charge in [0, 0.05) is 18.3 Å². The van der Waals surface area contributed by atoms with Gasteiger partial charge in [0.25, 0.3) is 0 Å². The van der Waals surface area contributed by atoms with Crippen molar-refractivity contribution in [2.45, 2.75) is 20.8 Å². The SMILES string of the molecule is CC(=O)Nc1cccc(NC(=O)CN(c2ccc(C)cc2C)S(C)(=O)=O)c1. The van der Waals surface area contributed by atoms with E-state index in [0.717, 1.165) is 21.7 Å². The molecule has 0 heterocycles. The van der Waals surface area contributed by atoms with Gasteiger partial charge >= 0.3 is 0 Å². The van der Waals surface area contributed by atoms with Gasteiger partial charge in [-0.15, -0.1) is 0 Å². The molecule has 0 saturated carbocycles. The number of benzene rings is 2. The van der Waals surface area contributed by atoms with Gasteiger partial charge in [0.1, 0.15) is 6.54 Å². The van der Waals surface area contributed by atoms with Gasteiger partial charge in [0.2, 0.25) is 21.8 Å². The van der Waals surface area contributed by atoms with Gasteiger partial charge in [0.05, 0.1) is 11.9 Å². The minimum Gasteiger partial charge on any atom is -0.326 e. The average molecular weight is 389 g/mol. The highest BCUT2D eigenvalue weighted by Gasteiger charge is 2.22. The molecule has 2 aromatic rings. The Hall–Kier alpha value is -2.87. The first-order valence-electron chi connectivity index (χ1n) is 8.29. The molecule has 2 aromatic carbocycles. The van der Waals surface area contributed by atoms with E-state index in [4.69, 9.17) is 0 Å². The number of hydrogen-bond acceptors (Lipinski definition) is 4. The number of rotatable bonds is 6. The monoisotopic (exact) mass is 389 g/mol. The molecule has 0 aliphatic heterocycles. The Morgan fingerprint density at radius 1 is 1.00 bits per heavy atom. The summed E-state index contributed by atoms with van der Waals surface area (Å²) >= 11 is 0. The van der Waals surface area contributed by atoms with Crippen LogP contribution in [0.25, 0.3) is 0 Å². The summed E-state index contributed by atoms with van der Waals surface area (Å²) in [5.74, 6) is -0.711. The molecule has 0 spiro atoms. The maximum atomic E-state index is 12.5. The van der Waals surface area contributed by atoms with E-state index in [2.05, 4.69) is 10.6 Å². The molecule has 0 fully saturated rings. The number of aryl methyl sites for hydroxylation is 2. The lowest BCUT2D eigenvalue weighted by Gasteiger charge is -2.24. The molecule has 2 N–H and O–H groups in total. The summed E-state index contributed by atoms with van der Waals surface area (Å²) in [4.78, 5) is 23.6. The van der Waals surface area contributed by atoms with Crippen molar-refractivity contribution in [3.63, 3.8) is 0 Å². The Balaban J connectivity index is 2.21. The van der Waals surface area contributed by atoms with Gasteiger partial charge in [0.15, 0.2) is 0 Å². The maximum absolute atomic E-state index is 12.5. The highest BCUT2D eigenvalue weighted by Crippen LogP contribution is 2.23. The predicted molar refractivity (Wildman–Crippen MR) is 107 cm³/mol. The van der Waals surface area contributed by atoms with Crippen molar-refractivity contribution in [2.24, 2.45) is 0 Å². The lowest BCUT2D eigenvalue weighted by Crippen LogP contribution is -2.37.